The van der Waals surface area contributed by atoms with Crippen LogP contribution in [0.2, 0.25) is 5.02 Å². The molecule has 2 aliphatic rings. The molecule has 0 aliphatic carbocycles. The van der Waals surface area contributed by atoms with Gasteiger partial charge in [-0.1, -0.05) is 17.7 Å². The third kappa shape index (κ3) is 5.40. The number of thiophene rings is 1. The molecule has 11 nitrogen and oxygen atoms in total. The van der Waals surface area contributed by atoms with E-state index < -0.39 is 17.7 Å². The van der Waals surface area contributed by atoms with Gasteiger partial charge < -0.3 is 25.8 Å². The molecule has 5 aromatic rings. The van der Waals surface area contributed by atoms with Crippen LogP contribution in [0.5, 0.6) is 6.01 Å². The number of halogens is 3. The first kappa shape index (κ1) is 32.1. The average molecular weight is 692 g/mol. The molecule has 0 radical (unpaired) electrons. The van der Waals surface area contributed by atoms with Crippen LogP contribution in [0, 0.1) is 23.0 Å². The van der Waals surface area contributed by atoms with Crippen molar-refractivity contribution in [1.29, 1.82) is 5.26 Å². The number of hydrogen-bond acceptors (Lipinski definition) is 12. The van der Waals surface area contributed by atoms with Gasteiger partial charge in [0.1, 0.15) is 47.0 Å². The third-order valence-corrected chi connectivity index (χ3v) is 10.7. The number of nitrogens with zero attached hydrogens (tertiary/aromatic N) is 7. The van der Waals surface area contributed by atoms with Crippen LogP contribution >= 0.6 is 22.9 Å². The van der Waals surface area contributed by atoms with E-state index in [9.17, 15) is 9.65 Å². The summed E-state index contributed by atoms with van der Waals surface area (Å²) in [4.78, 5) is 21.8. The predicted molar refractivity (Wildman–Crippen MR) is 182 cm³/mol. The number of rotatable bonds is 7. The van der Waals surface area contributed by atoms with Crippen LogP contribution in [0.4, 0.5) is 25.4 Å². The van der Waals surface area contributed by atoms with Gasteiger partial charge in [0.05, 0.1) is 34.0 Å². The zero-order valence-electron chi connectivity index (χ0n) is 26.4. The summed E-state index contributed by atoms with van der Waals surface area (Å²) in [5.74, 6) is -0.721. The summed E-state index contributed by atoms with van der Waals surface area (Å²) >= 11 is 7.76. The standard InChI is InChI=1S/C33H32ClF2N9O2S/c1-15-11-45-17(12-46-15)4-5-18(45)13-47-33-42-28-20(32(43-33)44(3)16(2)22-10-40-14-41-30(22)38)8-23(34)26(27(28)36)19-6-7-24(35)29-25(19)21(9-37)31(39)48-29/h6-8,10,14-18H,4-5,11-13,39H2,1-3H3,(H2,38,40,41)/t15-,16+,17+,18+/m0/s1. The molecule has 248 valence electrons. The number of nitrogens with two attached hydrogens (primary N) is 2. The summed E-state index contributed by atoms with van der Waals surface area (Å²) in [6, 6.07) is 6.23. The van der Waals surface area contributed by atoms with Gasteiger partial charge in [-0.05, 0) is 44.4 Å². The third-order valence-electron chi connectivity index (χ3n) is 9.40. The number of ether oxygens (including phenoxy) is 2. The van der Waals surface area contributed by atoms with Crippen molar-refractivity contribution < 1.29 is 18.3 Å². The Bertz CT molecular complexity index is 2110. The molecule has 0 saturated carbocycles. The molecule has 0 spiro atoms. The summed E-state index contributed by atoms with van der Waals surface area (Å²) in [5, 5.41) is 10.5. The zero-order chi connectivity index (χ0) is 33.9. The van der Waals surface area contributed by atoms with Crippen LogP contribution < -0.4 is 21.1 Å². The number of fused-ring (bicyclic) bond motifs is 3. The molecule has 3 aromatic heterocycles. The predicted octanol–water partition coefficient (Wildman–Crippen LogP) is 6.10. The van der Waals surface area contributed by atoms with Crippen LogP contribution in [0.15, 0.2) is 30.7 Å². The first-order chi connectivity index (χ1) is 23.1. The molecule has 4 N–H and O–H groups in total. The lowest BCUT2D eigenvalue weighted by atomic mass is 9.97. The number of hydrogen-bond donors (Lipinski definition) is 2. The fourth-order valence-corrected chi connectivity index (χ4v) is 8.02. The molecule has 5 heterocycles. The number of anilines is 3. The van der Waals surface area contributed by atoms with Gasteiger partial charge in [-0.3, -0.25) is 4.90 Å². The van der Waals surface area contributed by atoms with Gasteiger partial charge >= 0.3 is 6.01 Å². The van der Waals surface area contributed by atoms with Crippen LogP contribution in [-0.4, -0.2) is 69.8 Å². The minimum absolute atomic E-state index is 0.0159. The Morgan fingerprint density at radius 3 is 2.85 bits per heavy atom. The topological polar surface area (TPSA) is 152 Å². The van der Waals surface area contributed by atoms with Crippen LogP contribution in [0.1, 0.15) is 43.9 Å². The van der Waals surface area contributed by atoms with Crippen LogP contribution in [0.25, 0.3) is 32.1 Å². The minimum Gasteiger partial charge on any atom is -0.462 e. The van der Waals surface area contributed by atoms with Crippen molar-refractivity contribution in [2.75, 3.05) is 43.2 Å². The summed E-state index contributed by atoms with van der Waals surface area (Å²) < 4.78 is 44.1. The molecule has 7 rings (SSSR count). The van der Waals surface area contributed by atoms with Crippen molar-refractivity contribution in [3.05, 3.63) is 58.5 Å². The van der Waals surface area contributed by atoms with Gasteiger partial charge in [-0.15, -0.1) is 11.3 Å². The molecule has 2 fully saturated rings. The van der Waals surface area contributed by atoms with E-state index in [4.69, 9.17) is 37.5 Å². The van der Waals surface area contributed by atoms with E-state index in [1.54, 1.807) is 24.2 Å². The molecule has 0 unspecified atom stereocenters. The highest BCUT2D eigenvalue weighted by atomic mass is 35.5. The first-order valence-corrected chi connectivity index (χ1v) is 16.7. The van der Waals surface area contributed by atoms with E-state index in [-0.39, 0.29) is 60.5 Å². The van der Waals surface area contributed by atoms with E-state index in [2.05, 4.69) is 26.8 Å². The normalized spacial score (nSPS) is 20.1. The maximum Gasteiger partial charge on any atom is 0.319 e. The Morgan fingerprint density at radius 1 is 1.27 bits per heavy atom. The Balaban J connectivity index is 1.37. The fourth-order valence-electron chi connectivity index (χ4n) is 6.78. The van der Waals surface area contributed by atoms with Crippen LogP contribution in [-0.2, 0) is 4.74 Å². The van der Waals surface area contributed by atoms with Gasteiger partial charge in [0.25, 0.3) is 0 Å². The molecule has 15 heteroatoms. The lowest BCUT2D eigenvalue weighted by Crippen LogP contribution is -2.49. The lowest BCUT2D eigenvalue weighted by molar-refractivity contribution is -0.0556. The summed E-state index contributed by atoms with van der Waals surface area (Å²) in [6.45, 7) is 5.72. The Labute approximate surface area is 284 Å². The second kappa shape index (κ2) is 12.6. The molecule has 2 saturated heterocycles. The largest absolute Gasteiger partial charge is 0.462 e. The number of aromatic nitrogens is 4. The van der Waals surface area contributed by atoms with Crippen molar-refractivity contribution in [2.24, 2.45) is 0 Å². The van der Waals surface area contributed by atoms with Gasteiger partial charge in [-0.2, -0.15) is 15.2 Å². The molecule has 0 bridgehead atoms. The molecule has 2 aliphatic heterocycles. The number of nitriles is 1. The molecular weight excluding hydrogens is 660 g/mol. The molecule has 2 aromatic carbocycles. The highest BCUT2D eigenvalue weighted by molar-refractivity contribution is 7.23. The SMILES string of the molecule is C[C@H](c1cncnc1N)N(C)c1nc(OC[C@H]2CC[C@@H]3CO[C@@H](C)CN23)nc2c(F)c(-c3ccc(F)c4sc(N)c(C#N)c34)c(Cl)cc12. The fraction of sp³-hybridized carbons (Fsp3) is 0.364. The number of nitrogen functional groups attached to an aromatic ring is 2. The second-order valence-electron chi connectivity index (χ2n) is 12.2. The lowest BCUT2D eigenvalue weighted by Gasteiger charge is -2.37. The van der Waals surface area contributed by atoms with E-state index in [0.29, 0.717) is 41.8 Å². The molecule has 4 atom stereocenters. The number of morpholine rings is 1. The Kier molecular flexibility index (Phi) is 8.41. The Morgan fingerprint density at radius 2 is 2.08 bits per heavy atom. The van der Waals surface area contributed by atoms with Crippen molar-refractivity contribution >= 4 is 60.6 Å². The first-order valence-electron chi connectivity index (χ1n) is 15.5. The van der Waals surface area contributed by atoms with Gasteiger partial charge in [0.2, 0.25) is 0 Å². The monoisotopic (exact) mass is 691 g/mol. The quantitative estimate of drug-likeness (QED) is 0.204. The van der Waals surface area contributed by atoms with E-state index in [0.717, 1.165) is 30.7 Å². The zero-order valence-corrected chi connectivity index (χ0v) is 27.9. The maximum atomic E-state index is 17.0. The number of benzene rings is 2. The van der Waals surface area contributed by atoms with E-state index in [1.165, 1.54) is 18.5 Å². The highest BCUT2D eigenvalue weighted by Gasteiger charge is 2.38. The van der Waals surface area contributed by atoms with Gasteiger partial charge in [0.15, 0.2) is 5.82 Å². The Hall–Kier alpha value is -4.42. The maximum absolute atomic E-state index is 17.0. The van der Waals surface area contributed by atoms with Crippen molar-refractivity contribution in [3.63, 3.8) is 0 Å². The molecule has 0 amide bonds. The van der Waals surface area contributed by atoms with Crippen molar-refractivity contribution in [1.82, 2.24) is 24.8 Å². The van der Waals surface area contributed by atoms with Crippen LogP contribution in [0.3, 0.4) is 0 Å². The van der Waals surface area contributed by atoms with Gasteiger partial charge in [0, 0.05) is 53.8 Å². The smallest absolute Gasteiger partial charge is 0.319 e. The van der Waals surface area contributed by atoms with E-state index >= 15 is 4.39 Å². The molecule has 48 heavy (non-hydrogen) atoms. The second-order valence-corrected chi connectivity index (χ2v) is 13.7. The summed E-state index contributed by atoms with van der Waals surface area (Å²) in [5.41, 5.74) is 13.1. The van der Waals surface area contributed by atoms with Gasteiger partial charge in [-0.25, -0.2) is 18.7 Å². The average Bonchev–Trinajstić information content (AvgIpc) is 3.64. The summed E-state index contributed by atoms with van der Waals surface area (Å²) in [7, 11) is 1.79. The summed E-state index contributed by atoms with van der Waals surface area (Å²) in [6.07, 6.45) is 5.01. The minimum atomic E-state index is -0.779. The van der Waals surface area contributed by atoms with Crippen molar-refractivity contribution in [3.8, 4) is 23.2 Å². The highest BCUT2D eigenvalue weighted by Crippen LogP contribution is 2.46. The van der Waals surface area contributed by atoms with E-state index in [1.807, 2.05) is 13.0 Å². The molecular formula is C33H32ClF2N9O2S. The van der Waals surface area contributed by atoms with Crippen molar-refractivity contribution in [2.45, 2.75) is 50.9 Å².